The lowest BCUT2D eigenvalue weighted by molar-refractivity contribution is 0.150. The van der Waals surface area contributed by atoms with Crippen LogP contribution >= 0.6 is 15.9 Å². The Morgan fingerprint density at radius 3 is 2.71 bits per heavy atom. The second-order valence-corrected chi connectivity index (χ2v) is 3.06. The molecule has 3 nitrogen and oxygen atoms in total. The van der Waals surface area contributed by atoms with Crippen LogP contribution in [-0.4, -0.2) is 4.98 Å². The molecule has 0 saturated heterocycles. The van der Waals surface area contributed by atoms with E-state index in [1.54, 1.807) is 6.07 Å². The maximum Gasteiger partial charge on any atom is 0.265 e. The van der Waals surface area contributed by atoms with E-state index in [1.807, 2.05) is 0 Å². The fourth-order valence-electron chi connectivity index (χ4n) is 0.968. The summed E-state index contributed by atoms with van der Waals surface area (Å²) in [6.45, 7) is 0. The third-order valence-corrected chi connectivity index (χ3v) is 2.18. The standard InChI is InChI=1S/C8H6BrF2N3/c9-2-6-5(7(10)11)1-4(3-12)8(13)14-6/h1,7H,2H2,(H2,13,14). The van der Waals surface area contributed by atoms with Crippen LogP contribution < -0.4 is 5.73 Å². The number of nitrogen functional groups attached to an aromatic ring is 1. The monoisotopic (exact) mass is 261 g/mol. The van der Waals surface area contributed by atoms with Crippen LogP contribution in [0.1, 0.15) is 23.2 Å². The summed E-state index contributed by atoms with van der Waals surface area (Å²) in [5, 5.41) is 8.74. The number of hydrogen-bond acceptors (Lipinski definition) is 3. The Hall–Kier alpha value is -1.22. The first-order chi connectivity index (χ1) is 6.60. The van der Waals surface area contributed by atoms with Crippen molar-refractivity contribution in [2.75, 3.05) is 5.73 Å². The van der Waals surface area contributed by atoms with Gasteiger partial charge in [-0.05, 0) is 6.07 Å². The molecule has 0 aromatic carbocycles. The van der Waals surface area contributed by atoms with Crippen LogP contribution in [0.15, 0.2) is 6.07 Å². The minimum Gasteiger partial charge on any atom is -0.383 e. The summed E-state index contributed by atoms with van der Waals surface area (Å²) in [6.07, 6.45) is -2.65. The summed E-state index contributed by atoms with van der Waals surface area (Å²) in [6, 6.07) is 2.78. The number of alkyl halides is 3. The van der Waals surface area contributed by atoms with Gasteiger partial charge in [-0.15, -0.1) is 0 Å². The van der Waals surface area contributed by atoms with Crippen molar-refractivity contribution in [2.45, 2.75) is 11.8 Å². The number of halogens is 3. The zero-order valence-electron chi connectivity index (χ0n) is 6.97. The summed E-state index contributed by atoms with van der Waals surface area (Å²) in [4.78, 5) is 3.71. The number of anilines is 1. The van der Waals surface area contributed by atoms with E-state index < -0.39 is 6.43 Å². The van der Waals surface area contributed by atoms with E-state index in [0.717, 1.165) is 6.07 Å². The molecule has 0 unspecified atom stereocenters. The predicted molar refractivity (Wildman–Crippen MR) is 51.0 cm³/mol. The number of pyridine rings is 1. The molecule has 0 spiro atoms. The van der Waals surface area contributed by atoms with Gasteiger partial charge in [0.05, 0.1) is 11.3 Å². The highest BCUT2D eigenvalue weighted by molar-refractivity contribution is 9.08. The molecule has 0 aliphatic heterocycles. The molecule has 0 amide bonds. The summed E-state index contributed by atoms with van der Waals surface area (Å²) < 4.78 is 24.9. The molecule has 14 heavy (non-hydrogen) atoms. The van der Waals surface area contributed by atoms with Crippen LogP contribution in [0.25, 0.3) is 0 Å². The Kier molecular flexibility index (Phi) is 3.36. The number of nitrogens with zero attached hydrogens (tertiary/aromatic N) is 2. The maximum atomic E-state index is 12.5. The largest absolute Gasteiger partial charge is 0.383 e. The lowest BCUT2D eigenvalue weighted by Crippen LogP contribution is -2.03. The zero-order valence-corrected chi connectivity index (χ0v) is 8.55. The van der Waals surface area contributed by atoms with Gasteiger partial charge in [0, 0.05) is 10.9 Å². The highest BCUT2D eigenvalue weighted by Gasteiger charge is 2.16. The van der Waals surface area contributed by atoms with Crippen molar-refractivity contribution in [1.29, 1.82) is 5.26 Å². The lowest BCUT2D eigenvalue weighted by atomic mass is 10.1. The number of nitriles is 1. The first-order valence-electron chi connectivity index (χ1n) is 3.63. The Morgan fingerprint density at radius 2 is 2.29 bits per heavy atom. The third kappa shape index (κ3) is 1.99. The zero-order chi connectivity index (χ0) is 10.7. The molecule has 2 N–H and O–H groups in total. The molecule has 0 saturated carbocycles. The predicted octanol–water partition coefficient (Wildman–Crippen LogP) is 2.37. The van der Waals surface area contributed by atoms with Crippen molar-refractivity contribution in [3.63, 3.8) is 0 Å². The van der Waals surface area contributed by atoms with Gasteiger partial charge in [-0.2, -0.15) is 5.26 Å². The molecule has 0 radical (unpaired) electrons. The molecule has 0 aliphatic rings. The molecule has 1 heterocycles. The van der Waals surface area contributed by atoms with Gasteiger partial charge in [-0.1, -0.05) is 15.9 Å². The highest BCUT2D eigenvalue weighted by Crippen LogP contribution is 2.26. The van der Waals surface area contributed by atoms with Crippen LogP contribution in [0.4, 0.5) is 14.6 Å². The summed E-state index contributed by atoms with van der Waals surface area (Å²) in [5.74, 6) is -0.0219. The Bertz CT molecular complexity index is 387. The van der Waals surface area contributed by atoms with Gasteiger partial charge >= 0.3 is 0 Å². The average Bonchev–Trinajstić information content (AvgIpc) is 2.16. The quantitative estimate of drug-likeness (QED) is 0.832. The van der Waals surface area contributed by atoms with E-state index in [2.05, 4.69) is 20.9 Å². The van der Waals surface area contributed by atoms with Gasteiger partial charge < -0.3 is 5.73 Å². The first kappa shape index (κ1) is 10.9. The number of nitrogens with two attached hydrogens (primary N) is 1. The second kappa shape index (κ2) is 4.33. The highest BCUT2D eigenvalue weighted by atomic mass is 79.9. The van der Waals surface area contributed by atoms with Crippen molar-refractivity contribution < 1.29 is 8.78 Å². The Morgan fingerprint density at radius 1 is 1.64 bits per heavy atom. The van der Waals surface area contributed by atoms with Crippen molar-refractivity contribution in [1.82, 2.24) is 4.98 Å². The van der Waals surface area contributed by atoms with Gasteiger partial charge in [0.1, 0.15) is 11.9 Å². The minimum atomic E-state index is -2.65. The molecule has 6 heteroatoms. The van der Waals surface area contributed by atoms with Crippen LogP contribution in [0.2, 0.25) is 0 Å². The van der Waals surface area contributed by atoms with Gasteiger partial charge in [-0.3, -0.25) is 0 Å². The smallest absolute Gasteiger partial charge is 0.265 e. The van der Waals surface area contributed by atoms with Gasteiger partial charge in [0.25, 0.3) is 6.43 Å². The molecular formula is C8H6BrF2N3. The molecule has 1 aromatic heterocycles. The SMILES string of the molecule is N#Cc1cc(C(F)F)c(CBr)nc1N. The minimum absolute atomic E-state index is 0.0219. The Balaban J connectivity index is 3.34. The van der Waals surface area contributed by atoms with E-state index in [1.165, 1.54) is 0 Å². The van der Waals surface area contributed by atoms with Crippen LogP contribution in [0, 0.1) is 11.3 Å². The van der Waals surface area contributed by atoms with Gasteiger partial charge in [-0.25, -0.2) is 13.8 Å². The number of rotatable bonds is 2. The summed E-state index contributed by atoms with van der Waals surface area (Å²) in [7, 11) is 0. The van der Waals surface area contributed by atoms with Gasteiger partial charge in [0.15, 0.2) is 0 Å². The number of aromatic nitrogens is 1. The molecular weight excluding hydrogens is 256 g/mol. The molecule has 0 bridgehead atoms. The maximum absolute atomic E-state index is 12.5. The molecule has 74 valence electrons. The molecule has 0 fully saturated rings. The molecule has 0 aliphatic carbocycles. The first-order valence-corrected chi connectivity index (χ1v) is 4.75. The molecule has 1 aromatic rings. The van der Waals surface area contributed by atoms with Crippen molar-refractivity contribution in [2.24, 2.45) is 0 Å². The van der Waals surface area contributed by atoms with Crippen molar-refractivity contribution >= 4 is 21.7 Å². The van der Waals surface area contributed by atoms with Crippen LogP contribution in [-0.2, 0) is 5.33 Å². The van der Waals surface area contributed by atoms with Crippen LogP contribution in [0.5, 0.6) is 0 Å². The van der Waals surface area contributed by atoms with E-state index in [-0.39, 0.29) is 28.0 Å². The molecule has 0 atom stereocenters. The summed E-state index contributed by atoms with van der Waals surface area (Å²) in [5.41, 5.74) is 5.26. The topological polar surface area (TPSA) is 62.7 Å². The second-order valence-electron chi connectivity index (χ2n) is 2.50. The lowest BCUT2D eigenvalue weighted by Gasteiger charge is -2.07. The molecule has 1 rings (SSSR count). The normalized spacial score (nSPS) is 10.2. The van der Waals surface area contributed by atoms with Gasteiger partial charge in [0.2, 0.25) is 0 Å². The van der Waals surface area contributed by atoms with E-state index in [0.29, 0.717) is 0 Å². The van der Waals surface area contributed by atoms with E-state index in [9.17, 15) is 8.78 Å². The van der Waals surface area contributed by atoms with Crippen molar-refractivity contribution in [3.8, 4) is 6.07 Å². The summed E-state index contributed by atoms with van der Waals surface area (Å²) >= 11 is 3.02. The van der Waals surface area contributed by atoms with Crippen LogP contribution in [0.3, 0.4) is 0 Å². The fraction of sp³-hybridized carbons (Fsp3) is 0.250. The average molecular weight is 262 g/mol. The van der Waals surface area contributed by atoms with Crippen molar-refractivity contribution in [3.05, 3.63) is 22.9 Å². The fourth-order valence-corrected chi connectivity index (χ4v) is 1.42. The third-order valence-electron chi connectivity index (χ3n) is 1.65. The van der Waals surface area contributed by atoms with E-state index >= 15 is 0 Å². The Labute approximate surface area is 87.7 Å². The van der Waals surface area contributed by atoms with E-state index in [4.69, 9.17) is 11.0 Å². The number of hydrogen-bond donors (Lipinski definition) is 1.